The average molecular weight is 682 g/mol. The zero-order chi connectivity index (χ0) is 35.7. The van der Waals surface area contributed by atoms with Crippen LogP contribution in [-0.4, -0.2) is 121 Å². The second kappa shape index (κ2) is 15.4. The van der Waals surface area contributed by atoms with Gasteiger partial charge in [-0.25, -0.2) is 0 Å². The Labute approximate surface area is 285 Å². The van der Waals surface area contributed by atoms with Gasteiger partial charge in [0.2, 0.25) is 5.91 Å². The Balaban J connectivity index is 1.70. The molecular formula is C35H59N3O10. The number of Topliss-reactive ketones (excluding diaryl/α,β-unsaturated/α-hetero) is 1. The number of cyclic esters (lactones) is 1. The molecule has 3 N–H and O–H groups in total. The second-order valence-corrected chi connectivity index (χ2v) is 15.3. The normalized spacial score (nSPS) is 43.5. The van der Waals surface area contributed by atoms with Gasteiger partial charge in [0, 0.05) is 49.5 Å². The molecule has 0 radical (unpaired) electrons. The molecule has 4 rings (SSSR count). The number of amides is 1. The zero-order valence-corrected chi connectivity index (χ0v) is 30.4. The number of carbonyl (C=O) groups excluding carboxylic acids is 4. The summed E-state index contributed by atoms with van der Waals surface area (Å²) >= 11 is 0. The number of nitrogens with one attached hydrogen (secondary N) is 2. The lowest BCUT2D eigenvalue weighted by Crippen LogP contribution is -2.60. The third kappa shape index (κ3) is 8.24. The Bertz CT molecular complexity index is 1180. The number of esters is 2. The van der Waals surface area contributed by atoms with Gasteiger partial charge in [0.1, 0.15) is 18.1 Å². The molecule has 0 spiro atoms. The molecule has 274 valence electrons. The highest BCUT2D eigenvalue weighted by molar-refractivity contribution is 6.00. The fourth-order valence-corrected chi connectivity index (χ4v) is 7.91. The minimum absolute atomic E-state index is 0.0480. The maximum absolute atomic E-state index is 14.2. The van der Waals surface area contributed by atoms with Crippen LogP contribution in [0.15, 0.2) is 0 Å². The number of likely N-dealkylation sites (N-methyl/N-ethyl adjacent to an activating group) is 1. The largest absolute Gasteiger partial charge is 0.458 e. The molecule has 4 aliphatic rings. The number of hydrogen-bond donors (Lipinski definition) is 3. The van der Waals surface area contributed by atoms with E-state index in [0.29, 0.717) is 25.4 Å². The van der Waals surface area contributed by atoms with Gasteiger partial charge < -0.3 is 44.3 Å². The van der Waals surface area contributed by atoms with Crippen molar-refractivity contribution in [3.63, 3.8) is 0 Å². The van der Waals surface area contributed by atoms with E-state index in [2.05, 4.69) is 10.6 Å². The topological polar surface area (TPSA) is 162 Å². The van der Waals surface area contributed by atoms with Crippen molar-refractivity contribution in [3.8, 4) is 0 Å². The van der Waals surface area contributed by atoms with Gasteiger partial charge in [0.15, 0.2) is 17.7 Å². The Kier molecular flexibility index (Phi) is 12.4. The monoisotopic (exact) mass is 681 g/mol. The van der Waals surface area contributed by atoms with Crippen LogP contribution in [0.25, 0.3) is 0 Å². The Hall–Kier alpha value is -2.16. The Morgan fingerprint density at radius 3 is 2.33 bits per heavy atom. The Morgan fingerprint density at radius 2 is 1.75 bits per heavy atom. The second-order valence-electron chi connectivity index (χ2n) is 15.3. The van der Waals surface area contributed by atoms with Crippen molar-refractivity contribution in [2.75, 3.05) is 27.7 Å². The molecule has 1 aliphatic carbocycles. The van der Waals surface area contributed by atoms with Gasteiger partial charge in [-0.1, -0.05) is 20.8 Å². The minimum Gasteiger partial charge on any atom is -0.458 e. The number of rotatable bonds is 8. The molecule has 5 unspecified atom stereocenters. The van der Waals surface area contributed by atoms with E-state index < -0.39 is 83.2 Å². The van der Waals surface area contributed by atoms with Crippen LogP contribution in [0.4, 0.5) is 0 Å². The molecule has 1 saturated carbocycles. The van der Waals surface area contributed by atoms with Crippen molar-refractivity contribution < 1.29 is 48.0 Å². The molecule has 1 amide bonds. The van der Waals surface area contributed by atoms with Crippen LogP contribution in [0.2, 0.25) is 0 Å². The SMILES string of the molecule is CC[C@H]1OC(=O)C(C)C(=O)[C@H](C)[C@@H](OC2OC(CNC3CC3)CC(N(C)C)C2O)[C@](C)(OC)C[C@@H](C)C(=O)N[C@H](C)[C@H]2CC(=O)O[C@@]21C. The number of aliphatic hydroxyl groups is 1. The van der Waals surface area contributed by atoms with Crippen molar-refractivity contribution in [1.82, 2.24) is 15.5 Å². The summed E-state index contributed by atoms with van der Waals surface area (Å²) in [7, 11) is 5.28. The number of carbonyl (C=O) groups is 4. The molecule has 0 aromatic carbocycles. The summed E-state index contributed by atoms with van der Waals surface area (Å²) in [5.41, 5.74) is -2.44. The van der Waals surface area contributed by atoms with Gasteiger partial charge >= 0.3 is 11.9 Å². The molecule has 13 heteroatoms. The van der Waals surface area contributed by atoms with Crippen molar-refractivity contribution in [2.45, 2.75) is 147 Å². The van der Waals surface area contributed by atoms with Gasteiger partial charge in [-0.15, -0.1) is 0 Å². The summed E-state index contributed by atoms with van der Waals surface area (Å²) in [6.45, 7) is 12.7. The van der Waals surface area contributed by atoms with Crippen LogP contribution in [0.3, 0.4) is 0 Å². The van der Waals surface area contributed by atoms with Gasteiger partial charge in [0.05, 0.1) is 24.2 Å². The van der Waals surface area contributed by atoms with Crippen LogP contribution in [0.1, 0.15) is 87.0 Å². The Morgan fingerprint density at radius 1 is 1.08 bits per heavy atom. The lowest BCUT2D eigenvalue weighted by Gasteiger charge is -2.47. The predicted octanol–water partition coefficient (Wildman–Crippen LogP) is 1.96. The molecule has 0 bridgehead atoms. The van der Waals surface area contributed by atoms with E-state index >= 15 is 0 Å². The first kappa shape index (κ1) is 38.6. The van der Waals surface area contributed by atoms with Crippen LogP contribution >= 0.6 is 0 Å². The molecule has 3 aliphatic heterocycles. The molecule has 4 fully saturated rings. The van der Waals surface area contributed by atoms with E-state index in [1.807, 2.05) is 32.8 Å². The van der Waals surface area contributed by atoms with Crippen LogP contribution in [0.5, 0.6) is 0 Å². The first-order valence-electron chi connectivity index (χ1n) is 17.7. The number of nitrogens with zero attached hydrogens (tertiary/aromatic N) is 1. The molecule has 48 heavy (non-hydrogen) atoms. The van der Waals surface area contributed by atoms with Crippen molar-refractivity contribution in [3.05, 3.63) is 0 Å². The van der Waals surface area contributed by atoms with Crippen molar-refractivity contribution in [2.24, 2.45) is 23.7 Å². The molecule has 13 nitrogen and oxygen atoms in total. The number of ketones is 1. The lowest BCUT2D eigenvalue weighted by atomic mass is 9.78. The molecule has 3 saturated heterocycles. The maximum Gasteiger partial charge on any atom is 0.316 e. The standard InChI is InChI=1S/C35H59N3O10/c1-11-26-35(7)24(15-27(39)48-35)21(5)37-31(42)18(2)16-34(6,44-10)30(19(3)28(40)20(4)32(43)46-26)47-33-29(41)25(38(8)9)14-23(45-33)17-36-22-12-13-22/h18-26,29-30,33,36,41H,11-17H2,1-10H3,(H,37,42)/t18-,19+,20?,21-,23?,24-,25?,26-,29?,30-,33?,34-,35+/m1/s1. The van der Waals surface area contributed by atoms with Crippen LogP contribution < -0.4 is 10.6 Å². The fourth-order valence-electron chi connectivity index (χ4n) is 7.91. The van der Waals surface area contributed by atoms with Crippen LogP contribution in [-0.2, 0) is 42.9 Å². The zero-order valence-electron chi connectivity index (χ0n) is 30.4. The third-order valence-corrected chi connectivity index (χ3v) is 11.3. The number of ether oxygens (including phenoxy) is 5. The first-order chi connectivity index (χ1) is 22.4. The lowest BCUT2D eigenvalue weighted by molar-refractivity contribution is -0.296. The summed E-state index contributed by atoms with van der Waals surface area (Å²) in [6, 6.07) is -0.310. The van der Waals surface area contributed by atoms with E-state index in [0.717, 1.165) is 12.8 Å². The van der Waals surface area contributed by atoms with Gasteiger partial charge in [-0.2, -0.15) is 0 Å². The van der Waals surface area contributed by atoms with E-state index in [-0.39, 0.29) is 30.9 Å². The summed E-state index contributed by atoms with van der Waals surface area (Å²) in [4.78, 5) is 56.1. The smallest absolute Gasteiger partial charge is 0.316 e. The molecule has 0 aromatic rings. The van der Waals surface area contributed by atoms with Gasteiger partial charge in [-0.05, 0) is 73.9 Å². The van der Waals surface area contributed by atoms with E-state index in [9.17, 15) is 24.3 Å². The average Bonchev–Trinajstić information content (AvgIpc) is 3.81. The van der Waals surface area contributed by atoms with E-state index in [1.165, 1.54) is 14.0 Å². The van der Waals surface area contributed by atoms with Gasteiger partial charge in [-0.3, -0.25) is 19.2 Å². The summed E-state index contributed by atoms with van der Waals surface area (Å²) in [5, 5.41) is 18.1. The first-order valence-corrected chi connectivity index (χ1v) is 17.7. The quantitative estimate of drug-likeness (QED) is 0.253. The fraction of sp³-hybridized carbons (Fsp3) is 0.886. The highest BCUT2D eigenvalue weighted by Gasteiger charge is 2.56. The predicted molar refractivity (Wildman–Crippen MR) is 176 cm³/mol. The van der Waals surface area contributed by atoms with Gasteiger partial charge in [0.25, 0.3) is 0 Å². The third-order valence-electron chi connectivity index (χ3n) is 11.3. The van der Waals surface area contributed by atoms with Crippen molar-refractivity contribution >= 4 is 23.6 Å². The number of aliphatic hydroxyl groups excluding tert-OH is 1. The van der Waals surface area contributed by atoms with Crippen LogP contribution in [0, 0.1) is 23.7 Å². The molecule has 3 heterocycles. The van der Waals surface area contributed by atoms with Crippen molar-refractivity contribution in [1.29, 1.82) is 0 Å². The van der Waals surface area contributed by atoms with E-state index in [1.54, 1.807) is 27.7 Å². The molecule has 0 aromatic heterocycles. The molecule has 13 atom stereocenters. The van der Waals surface area contributed by atoms with E-state index in [4.69, 9.17) is 23.7 Å². The summed E-state index contributed by atoms with van der Waals surface area (Å²) in [5.74, 6) is -5.12. The number of hydrogen-bond acceptors (Lipinski definition) is 12. The highest BCUT2D eigenvalue weighted by Crippen LogP contribution is 2.42. The highest BCUT2D eigenvalue weighted by atomic mass is 16.7. The summed E-state index contributed by atoms with van der Waals surface area (Å²) < 4.78 is 30.9. The maximum atomic E-state index is 14.2. The number of methoxy groups -OCH3 is 1. The molecular weight excluding hydrogens is 622 g/mol. The minimum atomic E-state index is -1.23. The number of fused-ring (bicyclic) bond motifs is 1. The summed E-state index contributed by atoms with van der Waals surface area (Å²) in [6.07, 6.45) is -0.945.